The lowest BCUT2D eigenvalue weighted by molar-refractivity contribution is 0.0493. The summed E-state index contributed by atoms with van der Waals surface area (Å²) in [6.07, 6.45) is 15.3. The number of nitrogens with zero attached hydrogens (tertiary/aromatic N) is 2. The topological polar surface area (TPSA) is 34.2 Å². The van der Waals surface area contributed by atoms with Crippen molar-refractivity contribution >= 4 is 21.4 Å². The Morgan fingerprint density at radius 1 is 0.656 bits per heavy atom. The van der Waals surface area contributed by atoms with Crippen LogP contribution in [0.25, 0.3) is 0 Å². The summed E-state index contributed by atoms with van der Waals surface area (Å²) in [4.78, 5) is 4.30. The van der Waals surface area contributed by atoms with Gasteiger partial charge in [0.1, 0.15) is 0 Å². The monoisotopic (exact) mass is 492 g/mol. The van der Waals surface area contributed by atoms with E-state index in [4.69, 9.17) is 25.9 Å². The van der Waals surface area contributed by atoms with Crippen LogP contribution in [0.3, 0.4) is 0 Å². The van der Waals surface area contributed by atoms with Crippen LogP contribution in [0.1, 0.15) is 90.9 Å². The van der Waals surface area contributed by atoms with Crippen LogP contribution in [-0.4, -0.2) is 85.0 Å². The molecular formula is C25H56N2O3SSi. The molecule has 32 heavy (non-hydrogen) atoms. The summed E-state index contributed by atoms with van der Waals surface area (Å²) in [5, 5.41) is 0.373. The largest absolute Gasteiger partial charge is 0.501 e. The molecule has 0 radical (unpaired) electrons. The highest BCUT2D eigenvalue weighted by molar-refractivity contribution is 7.80. The molecule has 0 saturated carbocycles. The van der Waals surface area contributed by atoms with Gasteiger partial charge in [0.15, 0.2) is 0 Å². The van der Waals surface area contributed by atoms with Crippen LogP contribution in [0.5, 0.6) is 0 Å². The molecule has 1 unspecified atom stereocenters. The van der Waals surface area contributed by atoms with Crippen LogP contribution in [0.4, 0.5) is 0 Å². The lowest BCUT2D eigenvalue weighted by Crippen LogP contribution is -2.48. The molecule has 0 aliphatic carbocycles. The van der Waals surface area contributed by atoms with Crippen molar-refractivity contribution in [2.45, 2.75) is 102 Å². The fourth-order valence-corrected chi connectivity index (χ4v) is 6.49. The van der Waals surface area contributed by atoms with Crippen LogP contribution < -0.4 is 0 Å². The molecular weight excluding hydrogens is 436 g/mol. The van der Waals surface area contributed by atoms with Crippen LogP contribution in [0.2, 0.25) is 6.04 Å². The Hall–Kier alpha value is 0.367. The van der Waals surface area contributed by atoms with Gasteiger partial charge in [-0.25, -0.2) is 0 Å². The molecule has 0 fully saturated rings. The zero-order valence-electron chi connectivity index (χ0n) is 22.4. The van der Waals surface area contributed by atoms with Crippen molar-refractivity contribution in [2.75, 3.05) is 61.1 Å². The van der Waals surface area contributed by atoms with E-state index in [2.05, 4.69) is 51.8 Å². The molecule has 5 nitrogen and oxygen atoms in total. The maximum atomic E-state index is 6.48. The van der Waals surface area contributed by atoms with Crippen molar-refractivity contribution < 1.29 is 13.3 Å². The van der Waals surface area contributed by atoms with Gasteiger partial charge < -0.3 is 23.1 Å². The average Bonchev–Trinajstić information content (AvgIpc) is 2.75. The fraction of sp³-hybridized carbons (Fsp3) is 1.00. The Labute approximate surface area is 207 Å². The molecule has 0 rings (SSSR count). The summed E-state index contributed by atoms with van der Waals surface area (Å²) in [7, 11) is 5.59. The van der Waals surface area contributed by atoms with E-state index in [-0.39, 0.29) is 0 Å². The van der Waals surface area contributed by atoms with Crippen molar-refractivity contribution in [1.29, 1.82) is 0 Å². The van der Waals surface area contributed by atoms with E-state index in [0.717, 1.165) is 45.0 Å². The molecule has 1 atom stereocenters. The predicted molar refractivity (Wildman–Crippen MR) is 145 cm³/mol. The SMILES string of the molecule is CCCCCCCCCCCCO[Si](CCC(S)CC)(OCCN(C)C)OCCN(C)C. The minimum absolute atomic E-state index is 0.373. The quantitative estimate of drug-likeness (QED) is 0.0997. The molecule has 0 aliphatic rings. The number of thiol groups is 1. The van der Waals surface area contributed by atoms with Crippen molar-refractivity contribution in [1.82, 2.24) is 9.80 Å². The zero-order valence-corrected chi connectivity index (χ0v) is 24.3. The summed E-state index contributed by atoms with van der Waals surface area (Å²) < 4.78 is 19.3. The van der Waals surface area contributed by atoms with Crippen LogP contribution in [-0.2, 0) is 13.3 Å². The van der Waals surface area contributed by atoms with Crippen molar-refractivity contribution in [3.8, 4) is 0 Å². The van der Waals surface area contributed by atoms with E-state index < -0.39 is 8.80 Å². The van der Waals surface area contributed by atoms with Gasteiger partial charge in [-0.2, -0.15) is 12.6 Å². The molecule has 0 heterocycles. The molecule has 0 amide bonds. The third kappa shape index (κ3) is 19.8. The molecule has 7 heteroatoms. The molecule has 0 spiro atoms. The van der Waals surface area contributed by atoms with Gasteiger partial charge in [0.05, 0.1) is 13.2 Å². The van der Waals surface area contributed by atoms with Crippen molar-refractivity contribution in [2.24, 2.45) is 0 Å². The van der Waals surface area contributed by atoms with Gasteiger partial charge in [-0.15, -0.1) is 0 Å². The van der Waals surface area contributed by atoms with Crippen LogP contribution in [0, 0.1) is 0 Å². The smallest absolute Gasteiger partial charge is 0.373 e. The average molecular weight is 493 g/mol. The van der Waals surface area contributed by atoms with Gasteiger partial charge in [0.25, 0.3) is 0 Å². The van der Waals surface area contributed by atoms with E-state index in [9.17, 15) is 0 Å². The summed E-state index contributed by atoms with van der Waals surface area (Å²) in [6, 6.07) is 0.855. The highest BCUT2D eigenvalue weighted by Gasteiger charge is 2.41. The van der Waals surface area contributed by atoms with Gasteiger partial charge in [0.2, 0.25) is 0 Å². The fourth-order valence-electron chi connectivity index (χ4n) is 3.47. The van der Waals surface area contributed by atoms with E-state index in [1.165, 1.54) is 57.8 Å². The molecule has 0 saturated heterocycles. The second-order valence-electron chi connectivity index (χ2n) is 9.62. The standard InChI is InChI=1S/C25H56N2O3SSi/c1-7-9-10-11-12-13-14-15-16-17-21-28-32(24-18-25(31)8-2,29-22-19-26(3)4)30-23-20-27(5)6/h25,31H,7-24H2,1-6H3. The Morgan fingerprint density at radius 2 is 1.09 bits per heavy atom. The van der Waals surface area contributed by atoms with Gasteiger partial charge in [-0.05, 0) is 47.5 Å². The summed E-state index contributed by atoms with van der Waals surface area (Å²) in [6.45, 7) is 8.28. The van der Waals surface area contributed by atoms with E-state index in [0.29, 0.717) is 18.5 Å². The first-order valence-electron chi connectivity index (χ1n) is 13.2. The first-order chi connectivity index (χ1) is 15.3. The maximum Gasteiger partial charge on any atom is 0.501 e. The Balaban J connectivity index is 4.52. The van der Waals surface area contributed by atoms with E-state index in [1.807, 2.05) is 0 Å². The molecule has 0 N–H and O–H groups in total. The van der Waals surface area contributed by atoms with Crippen molar-refractivity contribution in [3.63, 3.8) is 0 Å². The molecule has 0 bridgehead atoms. The van der Waals surface area contributed by atoms with Gasteiger partial charge >= 0.3 is 8.80 Å². The molecule has 0 aromatic rings. The van der Waals surface area contributed by atoms with Gasteiger partial charge in [-0.1, -0.05) is 71.6 Å². The second kappa shape index (κ2) is 21.9. The maximum absolute atomic E-state index is 6.48. The number of hydrogen-bond acceptors (Lipinski definition) is 6. The third-order valence-corrected chi connectivity index (χ3v) is 9.25. The minimum atomic E-state index is -2.70. The molecule has 0 aromatic carbocycles. The first kappa shape index (κ1) is 32.4. The van der Waals surface area contributed by atoms with Crippen LogP contribution in [0.15, 0.2) is 0 Å². The Morgan fingerprint density at radius 3 is 1.53 bits per heavy atom. The second-order valence-corrected chi connectivity index (χ2v) is 13.1. The highest BCUT2D eigenvalue weighted by Crippen LogP contribution is 2.23. The van der Waals surface area contributed by atoms with Crippen LogP contribution >= 0.6 is 12.6 Å². The summed E-state index contributed by atoms with van der Waals surface area (Å²) >= 11 is 4.71. The lowest BCUT2D eigenvalue weighted by Gasteiger charge is -2.31. The summed E-state index contributed by atoms with van der Waals surface area (Å²) in [5.74, 6) is 0. The lowest BCUT2D eigenvalue weighted by atomic mass is 10.1. The predicted octanol–water partition coefficient (Wildman–Crippen LogP) is 6.12. The normalized spacial score (nSPS) is 13.4. The van der Waals surface area contributed by atoms with Gasteiger partial charge in [-0.3, -0.25) is 0 Å². The van der Waals surface area contributed by atoms with Crippen molar-refractivity contribution in [3.05, 3.63) is 0 Å². The number of hydrogen-bond donors (Lipinski definition) is 1. The van der Waals surface area contributed by atoms with Gasteiger partial charge in [0, 0.05) is 31.0 Å². The Bertz CT molecular complexity index is 389. The molecule has 0 aliphatic heterocycles. The highest BCUT2D eigenvalue weighted by atomic mass is 32.1. The Kier molecular flexibility index (Phi) is 22.1. The number of rotatable bonds is 24. The zero-order chi connectivity index (χ0) is 24.1. The molecule has 194 valence electrons. The van der Waals surface area contributed by atoms with E-state index in [1.54, 1.807) is 0 Å². The third-order valence-electron chi connectivity index (χ3n) is 5.80. The molecule has 0 aromatic heterocycles. The summed E-state index contributed by atoms with van der Waals surface area (Å²) in [5.41, 5.74) is 0. The number of unbranched alkanes of at least 4 members (excludes halogenated alkanes) is 9. The first-order valence-corrected chi connectivity index (χ1v) is 15.7. The number of likely N-dealkylation sites (N-methyl/N-ethyl adjacent to an activating group) is 2. The van der Waals surface area contributed by atoms with E-state index >= 15 is 0 Å². The minimum Gasteiger partial charge on any atom is -0.373 e.